The summed E-state index contributed by atoms with van der Waals surface area (Å²) in [5, 5.41) is 0. The summed E-state index contributed by atoms with van der Waals surface area (Å²) < 4.78 is 11.1. The van der Waals surface area contributed by atoms with Gasteiger partial charge in [0.2, 0.25) is 0 Å². The molecule has 6 heteroatoms. The van der Waals surface area contributed by atoms with E-state index >= 15 is 0 Å². The zero-order valence-corrected chi connectivity index (χ0v) is 18.2. The van der Waals surface area contributed by atoms with Gasteiger partial charge in [-0.05, 0) is 55.0 Å². The molecule has 0 N–H and O–H groups in total. The molecular formula is C25H23NO4S. The van der Waals surface area contributed by atoms with E-state index in [0.717, 1.165) is 52.4 Å². The van der Waals surface area contributed by atoms with Crippen LogP contribution in [-0.2, 0) is 11.2 Å². The Morgan fingerprint density at radius 1 is 1.03 bits per heavy atom. The number of benzene rings is 2. The van der Waals surface area contributed by atoms with E-state index in [1.807, 2.05) is 24.3 Å². The van der Waals surface area contributed by atoms with Crippen LogP contribution in [0.4, 0.5) is 5.88 Å². The highest BCUT2D eigenvalue weighted by Crippen LogP contribution is 2.45. The molecule has 3 aromatic rings. The average Bonchev–Trinajstić information content (AvgIpc) is 2.81. The Bertz CT molecular complexity index is 1210. The Balaban J connectivity index is 1.53. The average molecular weight is 434 g/mol. The molecule has 3 heterocycles. The molecule has 158 valence electrons. The Kier molecular flexibility index (Phi) is 5.32. The van der Waals surface area contributed by atoms with Gasteiger partial charge in [-0.3, -0.25) is 4.79 Å². The summed E-state index contributed by atoms with van der Waals surface area (Å²) in [6.07, 6.45) is 4.18. The van der Waals surface area contributed by atoms with E-state index in [2.05, 4.69) is 11.0 Å². The summed E-state index contributed by atoms with van der Waals surface area (Å²) in [4.78, 5) is 28.8. The maximum atomic E-state index is 12.5. The summed E-state index contributed by atoms with van der Waals surface area (Å²) >= 11 is 1.65. The Hall–Kier alpha value is -2.99. The first-order chi connectivity index (χ1) is 15.1. The minimum Gasteiger partial charge on any atom is -0.465 e. The second-order valence-electron chi connectivity index (χ2n) is 7.93. The first-order valence-corrected chi connectivity index (χ1v) is 11.4. The summed E-state index contributed by atoms with van der Waals surface area (Å²) in [5.41, 5.74) is 3.70. The zero-order valence-electron chi connectivity index (χ0n) is 17.3. The monoisotopic (exact) mass is 433 g/mol. The van der Waals surface area contributed by atoms with Gasteiger partial charge in [0, 0.05) is 40.6 Å². The SMILES string of the molecule is COC(=O)c1ccc2c(c1)Cc1cccc(-c3cc(=O)cc(N4CCCCC4)o3)c1S2. The number of nitrogens with zero attached hydrogens (tertiary/aromatic N) is 1. The predicted molar refractivity (Wildman–Crippen MR) is 121 cm³/mol. The van der Waals surface area contributed by atoms with Crippen molar-refractivity contribution >= 4 is 23.6 Å². The molecule has 0 radical (unpaired) electrons. The van der Waals surface area contributed by atoms with Crippen molar-refractivity contribution in [3.05, 3.63) is 75.4 Å². The number of fused-ring (bicyclic) bond motifs is 2. The van der Waals surface area contributed by atoms with Crippen LogP contribution in [0.15, 0.2) is 67.5 Å². The molecular weight excluding hydrogens is 410 g/mol. The lowest BCUT2D eigenvalue weighted by molar-refractivity contribution is 0.0600. The van der Waals surface area contributed by atoms with E-state index in [4.69, 9.17) is 9.15 Å². The van der Waals surface area contributed by atoms with Crippen LogP contribution in [0.1, 0.15) is 40.7 Å². The molecule has 0 unspecified atom stereocenters. The number of esters is 1. The topological polar surface area (TPSA) is 59.8 Å². The van der Waals surface area contributed by atoms with Crippen molar-refractivity contribution in [2.75, 3.05) is 25.1 Å². The number of carbonyl (C=O) groups is 1. The summed E-state index contributed by atoms with van der Waals surface area (Å²) in [7, 11) is 1.39. The highest BCUT2D eigenvalue weighted by molar-refractivity contribution is 7.99. The number of rotatable bonds is 3. The smallest absolute Gasteiger partial charge is 0.337 e. The van der Waals surface area contributed by atoms with Crippen molar-refractivity contribution in [3.63, 3.8) is 0 Å². The molecule has 0 spiro atoms. The number of carbonyl (C=O) groups excluding carboxylic acids is 1. The van der Waals surface area contributed by atoms with E-state index in [0.29, 0.717) is 23.6 Å². The summed E-state index contributed by atoms with van der Waals surface area (Å²) in [6.45, 7) is 1.84. The van der Waals surface area contributed by atoms with Gasteiger partial charge < -0.3 is 14.1 Å². The fourth-order valence-electron chi connectivity index (χ4n) is 4.28. The van der Waals surface area contributed by atoms with Crippen LogP contribution < -0.4 is 10.3 Å². The molecule has 31 heavy (non-hydrogen) atoms. The Morgan fingerprint density at radius 3 is 2.68 bits per heavy atom. The summed E-state index contributed by atoms with van der Waals surface area (Å²) in [5.74, 6) is 0.930. The minimum atomic E-state index is -0.330. The van der Waals surface area contributed by atoms with Crippen LogP contribution in [0.2, 0.25) is 0 Å². The van der Waals surface area contributed by atoms with Gasteiger partial charge in [0.05, 0.1) is 12.7 Å². The van der Waals surface area contributed by atoms with E-state index in [-0.39, 0.29) is 11.4 Å². The van der Waals surface area contributed by atoms with Crippen LogP contribution >= 0.6 is 11.8 Å². The zero-order chi connectivity index (χ0) is 21.4. The number of ether oxygens (including phenoxy) is 1. The van der Waals surface area contributed by atoms with Crippen molar-refractivity contribution in [2.24, 2.45) is 0 Å². The van der Waals surface area contributed by atoms with Crippen LogP contribution in [0.5, 0.6) is 0 Å². The molecule has 5 rings (SSSR count). The second kappa shape index (κ2) is 8.27. The third-order valence-electron chi connectivity index (χ3n) is 5.86. The van der Waals surface area contributed by atoms with Crippen LogP contribution in [0.3, 0.4) is 0 Å². The molecule has 0 saturated carbocycles. The first kappa shape index (κ1) is 19.9. The highest BCUT2D eigenvalue weighted by Gasteiger charge is 2.23. The molecule has 1 aromatic heterocycles. The molecule has 0 amide bonds. The van der Waals surface area contributed by atoms with Gasteiger partial charge in [0.1, 0.15) is 5.76 Å². The number of methoxy groups -OCH3 is 1. The van der Waals surface area contributed by atoms with Gasteiger partial charge in [-0.25, -0.2) is 4.79 Å². The molecule has 0 bridgehead atoms. The van der Waals surface area contributed by atoms with Crippen LogP contribution in [0.25, 0.3) is 11.3 Å². The van der Waals surface area contributed by atoms with Crippen molar-refractivity contribution in [1.29, 1.82) is 0 Å². The van der Waals surface area contributed by atoms with Crippen molar-refractivity contribution in [1.82, 2.24) is 0 Å². The first-order valence-electron chi connectivity index (χ1n) is 10.5. The number of anilines is 1. The summed E-state index contributed by atoms with van der Waals surface area (Å²) in [6, 6.07) is 14.9. The maximum absolute atomic E-state index is 12.5. The lowest BCUT2D eigenvalue weighted by Crippen LogP contribution is -2.30. The molecule has 2 aliphatic rings. The van der Waals surface area contributed by atoms with Gasteiger partial charge >= 0.3 is 5.97 Å². The number of hydrogen-bond acceptors (Lipinski definition) is 6. The van der Waals surface area contributed by atoms with Crippen molar-refractivity contribution in [2.45, 2.75) is 35.5 Å². The third-order valence-corrected chi connectivity index (χ3v) is 7.16. The van der Waals surface area contributed by atoms with E-state index in [1.165, 1.54) is 13.5 Å². The number of hydrogen-bond donors (Lipinski definition) is 0. The quantitative estimate of drug-likeness (QED) is 0.417. The molecule has 0 aliphatic carbocycles. The predicted octanol–water partition coefficient (Wildman–Crippen LogP) is 5.14. The lowest BCUT2D eigenvalue weighted by atomic mass is 9.99. The van der Waals surface area contributed by atoms with Gasteiger partial charge in [0.15, 0.2) is 11.3 Å². The van der Waals surface area contributed by atoms with Crippen molar-refractivity contribution < 1.29 is 13.9 Å². The normalized spacial score (nSPS) is 15.2. The van der Waals surface area contributed by atoms with Gasteiger partial charge in [0.25, 0.3) is 0 Å². The fourth-order valence-corrected chi connectivity index (χ4v) is 5.45. The molecule has 2 aliphatic heterocycles. The Labute approximate surface area is 185 Å². The molecule has 5 nitrogen and oxygen atoms in total. The molecule has 0 atom stereocenters. The minimum absolute atomic E-state index is 0.0386. The van der Waals surface area contributed by atoms with E-state index in [9.17, 15) is 9.59 Å². The third kappa shape index (κ3) is 3.88. The maximum Gasteiger partial charge on any atom is 0.337 e. The molecule has 1 saturated heterocycles. The van der Waals surface area contributed by atoms with Crippen molar-refractivity contribution in [3.8, 4) is 11.3 Å². The molecule has 2 aromatic carbocycles. The Morgan fingerprint density at radius 2 is 1.87 bits per heavy atom. The molecule has 1 fully saturated rings. The lowest BCUT2D eigenvalue weighted by Gasteiger charge is -2.27. The van der Waals surface area contributed by atoms with Gasteiger partial charge in [-0.1, -0.05) is 30.0 Å². The van der Waals surface area contributed by atoms with E-state index in [1.54, 1.807) is 30.0 Å². The standard InChI is InChI=1S/C25H23NO4S/c1-29-25(28)17-8-9-22-18(13-17)12-16-6-5-7-20(24(16)31-22)21-14-19(27)15-23(30-21)26-10-3-2-4-11-26/h5-9,13-15H,2-4,10-12H2,1H3. The largest absolute Gasteiger partial charge is 0.465 e. The van der Waals surface area contributed by atoms with Gasteiger partial charge in [-0.2, -0.15) is 0 Å². The fraction of sp³-hybridized carbons (Fsp3) is 0.280. The van der Waals surface area contributed by atoms with Crippen LogP contribution in [-0.4, -0.2) is 26.2 Å². The highest BCUT2D eigenvalue weighted by atomic mass is 32.2. The van der Waals surface area contributed by atoms with Crippen LogP contribution in [0, 0.1) is 0 Å². The van der Waals surface area contributed by atoms with E-state index < -0.39 is 0 Å². The van der Waals surface area contributed by atoms with Gasteiger partial charge in [-0.15, -0.1) is 0 Å². The second-order valence-corrected chi connectivity index (χ2v) is 8.98. The number of piperidine rings is 1.